The van der Waals surface area contributed by atoms with E-state index in [2.05, 4.69) is 10.6 Å². The molecule has 1 saturated heterocycles. The van der Waals surface area contributed by atoms with E-state index in [9.17, 15) is 9.59 Å². The zero-order valence-corrected chi connectivity index (χ0v) is 12.4. The van der Waals surface area contributed by atoms with Gasteiger partial charge in [0.25, 0.3) is 5.91 Å². The predicted octanol–water partition coefficient (Wildman–Crippen LogP) is 1.21. The Balaban J connectivity index is 1.68. The van der Waals surface area contributed by atoms with Gasteiger partial charge in [-0.25, -0.2) is 0 Å². The lowest BCUT2D eigenvalue weighted by atomic mass is 10.2. The highest BCUT2D eigenvalue weighted by Crippen LogP contribution is 2.19. The molecule has 114 valence electrons. The topological polar surface area (TPSA) is 66.4 Å². The number of carbonyl (C=O) groups is 2. The molecule has 2 N–H and O–H groups in total. The van der Waals surface area contributed by atoms with Gasteiger partial charge >= 0.3 is 0 Å². The summed E-state index contributed by atoms with van der Waals surface area (Å²) in [5.41, 5.74) is 2.32. The highest BCUT2D eigenvalue weighted by molar-refractivity contribution is 6.03. The molecule has 0 bridgehead atoms. The van der Waals surface area contributed by atoms with Crippen LogP contribution in [0.1, 0.15) is 10.5 Å². The van der Waals surface area contributed by atoms with Crippen molar-refractivity contribution in [3.63, 3.8) is 0 Å². The molecule has 22 heavy (non-hydrogen) atoms. The molecule has 0 radical (unpaired) electrons. The third-order valence-corrected chi connectivity index (χ3v) is 3.71. The first-order valence-electron chi connectivity index (χ1n) is 7.18. The van der Waals surface area contributed by atoms with E-state index in [4.69, 9.17) is 0 Å². The van der Waals surface area contributed by atoms with Crippen molar-refractivity contribution in [3.05, 3.63) is 48.3 Å². The highest BCUT2D eigenvalue weighted by Gasteiger charge is 2.16. The van der Waals surface area contributed by atoms with Crippen molar-refractivity contribution in [2.24, 2.45) is 7.05 Å². The monoisotopic (exact) mass is 298 g/mol. The summed E-state index contributed by atoms with van der Waals surface area (Å²) in [4.78, 5) is 25.6. The fraction of sp³-hybridized carbons (Fsp3) is 0.250. The molecule has 1 aromatic carbocycles. The van der Waals surface area contributed by atoms with Gasteiger partial charge in [-0.2, -0.15) is 0 Å². The minimum Gasteiger partial charge on any atom is -0.360 e. The van der Waals surface area contributed by atoms with Crippen LogP contribution in [-0.2, 0) is 11.8 Å². The van der Waals surface area contributed by atoms with E-state index in [1.165, 1.54) is 0 Å². The molecule has 1 aromatic heterocycles. The quantitative estimate of drug-likeness (QED) is 0.895. The molecule has 0 aliphatic carbocycles. The van der Waals surface area contributed by atoms with E-state index in [1.807, 2.05) is 48.5 Å². The summed E-state index contributed by atoms with van der Waals surface area (Å²) >= 11 is 0. The van der Waals surface area contributed by atoms with Gasteiger partial charge in [-0.3, -0.25) is 9.59 Å². The van der Waals surface area contributed by atoms with Crippen LogP contribution in [0.15, 0.2) is 42.6 Å². The number of hydrogen-bond acceptors (Lipinski definition) is 3. The van der Waals surface area contributed by atoms with Gasteiger partial charge in [0.05, 0.1) is 6.54 Å². The second-order valence-corrected chi connectivity index (χ2v) is 5.28. The summed E-state index contributed by atoms with van der Waals surface area (Å²) < 4.78 is 1.77. The third-order valence-electron chi connectivity index (χ3n) is 3.71. The van der Waals surface area contributed by atoms with Crippen LogP contribution in [0.25, 0.3) is 0 Å². The van der Waals surface area contributed by atoms with E-state index in [0.29, 0.717) is 18.8 Å². The number of aryl methyl sites for hydroxylation is 1. The molecule has 1 fully saturated rings. The summed E-state index contributed by atoms with van der Waals surface area (Å²) in [6.07, 6.45) is 1.83. The summed E-state index contributed by atoms with van der Waals surface area (Å²) in [5.74, 6) is -0.107. The molecule has 2 aromatic rings. The van der Waals surface area contributed by atoms with Gasteiger partial charge in [-0.15, -0.1) is 0 Å². The van der Waals surface area contributed by atoms with Crippen LogP contribution in [0.3, 0.4) is 0 Å². The molecule has 2 amide bonds. The molecule has 0 spiro atoms. The number of piperazine rings is 1. The lowest BCUT2D eigenvalue weighted by molar-refractivity contribution is -0.120. The molecule has 0 unspecified atom stereocenters. The van der Waals surface area contributed by atoms with E-state index in [0.717, 1.165) is 17.9 Å². The number of nitrogens with one attached hydrogen (secondary N) is 2. The first-order chi connectivity index (χ1) is 10.6. The fourth-order valence-corrected chi connectivity index (χ4v) is 2.51. The number of benzene rings is 1. The molecule has 6 nitrogen and oxygen atoms in total. The zero-order valence-electron chi connectivity index (χ0n) is 12.4. The number of anilines is 2. The average Bonchev–Trinajstić information content (AvgIpc) is 2.94. The zero-order chi connectivity index (χ0) is 15.5. The Hall–Kier alpha value is -2.76. The Morgan fingerprint density at radius 3 is 2.64 bits per heavy atom. The number of rotatable bonds is 3. The van der Waals surface area contributed by atoms with Gasteiger partial charge in [0, 0.05) is 37.7 Å². The Labute approximate surface area is 128 Å². The normalized spacial score (nSPS) is 14.6. The van der Waals surface area contributed by atoms with Crippen LogP contribution in [-0.4, -0.2) is 36.0 Å². The average molecular weight is 298 g/mol. The Bertz CT molecular complexity index is 690. The lowest BCUT2D eigenvalue weighted by Crippen LogP contribution is -2.47. The molecule has 0 atom stereocenters. The molecule has 3 rings (SSSR count). The van der Waals surface area contributed by atoms with Gasteiger partial charge in [0.15, 0.2) is 0 Å². The van der Waals surface area contributed by atoms with Crippen LogP contribution in [0.5, 0.6) is 0 Å². The molecule has 0 saturated carbocycles. The minimum atomic E-state index is -0.141. The van der Waals surface area contributed by atoms with Crippen LogP contribution in [0.2, 0.25) is 0 Å². The van der Waals surface area contributed by atoms with Gasteiger partial charge in [0.2, 0.25) is 5.91 Å². The molecule has 1 aliphatic rings. The van der Waals surface area contributed by atoms with Gasteiger partial charge in [0.1, 0.15) is 5.69 Å². The van der Waals surface area contributed by atoms with Crippen molar-refractivity contribution in [2.75, 3.05) is 29.9 Å². The first-order valence-corrected chi connectivity index (χ1v) is 7.18. The van der Waals surface area contributed by atoms with Crippen LogP contribution in [0, 0.1) is 0 Å². The molecular weight excluding hydrogens is 280 g/mol. The first kappa shape index (κ1) is 14.2. The Morgan fingerprint density at radius 2 is 2.00 bits per heavy atom. The van der Waals surface area contributed by atoms with Crippen LogP contribution < -0.4 is 15.5 Å². The van der Waals surface area contributed by atoms with Crippen molar-refractivity contribution in [2.45, 2.75) is 0 Å². The smallest absolute Gasteiger partial charge is 0.272 e. The summed E-state index contributed by atoms with van der Waals surface area (Å²) in [6, 6.07) is 11.1. The molecule has 1 aliphatic heterocycles. The number of aromatic nitrogens is 1. The minimum absolute atomic E-state index is 0.0346. The summed E-state index contributed by atoms with van der Waals surface area (Å²) in [6.45, 7) is 1.82. The van der Waals surface area contributed by atoms with E-state index in [-0.39, 0.29) is 11.8 Å². The predicted molar refractivity (Wildman–Crippen MR) is 85.0 cm³/mol. The SMILES string of the molecule is Cn1cccc1C(=O)Nc1ccc(N2CCNC(=O)C2)cc1. The highest BCUT2D eigenvalue weighted by atomic mass is 16.2. The lowest BCUT2D eigenvalue weighted by Gasteiger charge is -2.28. The molecular formula is C16H18N4O2. The van der Waals surface area contributed by atoms with E-state index >= 15 is 0 Å². The van der Waals surface area contributed by atoms with E-state index < -0.39 is 0 Å². The standard InChI is InChI=1S/C16H18N4O2/c1-19-9-2-3-14(19)16(22)18-12-4-6-13(7-5-12)20-10-8-17-15(21)11-20/h2-7,9H,8,10-11H2,1H3,(H,17,21)(H,18,22). The number of carbonyl (C=O) groups excluding carboxylic acids is 2. The maximum atomic E-state index is 12.1. The summed E-state index contributed by atoms with van der Waals surface area (Å²) in [7, 11) is 1.83. The number of hydrogen-bond donors (Lipinski definition) is 2. The van der Waals surface area contributed by atoms with Gasteiger partial charge < -0.3 is 20.1 Å². The Morgan fingerprint density at radius 1 is 1.23 bits per heavy atom. The largest absolute Gasteiger partial charge is 0.360 e. The maximum Gasteiger partial charge on any atom is 0.272 e. The second kappa shape index (κ2) is 5.93. The van der Waals surface area contributed by atoms with Crippen molar-refractivity contribution >= 4 is 23.2 Å². The maximum absolute atomic E-state index is 12.1. The van der Waals surface area contributed by atoms with Gasteiger partial charge in [-0.1, -0.05) is 0 Å². The van der Waals surface area contributed by atoms with Gasteiger partial charge in [-0.05, 0) is 36.4 Å². The summed E-state index contributed by atoms with van der Waals surface area (Å²) in [5, 5.41) is 5.67. The number of amides is 2. The molecule has 6 heteroatoms. The van der Waals surface area contributed by atoms with Crippen molar-refractivity contribution in [1.29, 1.82) is 0 Å². The second-order valence-electron chi connectivity index (χ2n) is 5.28. The third kappa shape index (κ3) is 2.95. The number of nitrogens with zero attached hydrogens (tertiary/aromatic N) is 2. The molecule has 2 heterocycles. The van der Waals surface area contributed by atoms with Crippen LogP contribution in [0.4, 0.5) is 11.4 Å². The fourth-order valence-electron chi connectivity index (χ4n) is 2.51. The van der Waals surface area contributed by atoms with Crippen molar-refractivity contribution < 1.29 is 9.59 Å². The Kier molecular flexibility index (Phi) is 3.82. The van der Waals surface area contributed by atoms with Crippen molar-refractivity contribution in [3.8, 4) is 0 Å². The van der Waals surface area contributed by atoms with Crippen molar-refractivity contribution in [1.82, 2.24) is 9.88 Å². The van der Waals surface area contributed by atoms with Crippen LogP contribution >= 0.6 is 0 Å². The van der Waals surface area contributed by atoms with E-state index in [1.54, 1.807) is 10.6 Å².